The highest BCUT2D eigenvalue weighted by Gasteiger charge is 2.97. The van der Waals surface area contributed by atoms with Crippen molar-refractivity contribution in [1.29, 1.82) is 0 Å². The maximum Gasteiger partial charge on any atom is 0.460 e. The van der Waals surface area contributed by atoms with E-state index in [2.05, 4.69) is 0 Å². The fourth-order valence-corrected chi connectivity index (χ4v) is 1.73. The number of guanidine groups is 1. The highest BCUT2D eigenvalue weighted by molar-refractivity contribution is 5.76. The Morgan fingerprint density at radius 2 is 0.667 bits per heavy atom. The summed E-state index contributed by atoms with van der Waals surface area (Å²) in [6, 6.07) is -8.19. The molecule has 0 spiro atoms. The molecule has 0 aromatic rings. The van der Waals surface area contributed by atoms with Gasteiger partial charge in [-0.25, -0.2) is 0 Å². The van der Waals surface area contributed by atoms with E-state index in [1.165, 1.54) is 0 Å². The van der Waals surface area contributed by atoms with Crippen LogP contribution in [0.2, 0.25) is 0 Å². The number of hydrogen-bond donors (Lipinski definition) is 0. The molecular weight excluding hydrogens is 599 g/mol. The SMILES string of the molecule is FN=C(N(F)F)N(F)C(F)(F)C(F)(F)C(F)(F)C(F)(F)C(F)(F)C(F)(F)C(F)(F)C(F)(F)C(F)(F)F. The largest absolute Gasteiger partial charge is 0.460 e. The summed E-state index contributed by atoms with van der Waals surface area (Å²) in [5.74, 6) is -67.3. The lowest BCUT2D eigenvalue weighted by Gasteiger charge is -2.44. The second-order valence-corrected chi connectivity index (χ2v) is 5.96. The Balaban J connectivity index is 7.06. The third-order valence-electron chi connectivity index (χ3n) is 3.75. The molecule has 0 saturated heterocycles. The van der Waals surface area contributed by atoms with E-state index in [4.69, 9.17) is 0 Å². The zero-order chi connectivity index (χ0) is 29.9. The van der Waals surface area contributed by atoms with Crippen LogP contribution in [0.15, 0.2) is 5.21 Å². The Bertz CT molecular complexity index is 822. The molecular formula is C10F23N3. The highest BCUT2D eigenvalue weighted by Crippen LogP contribution is 2.65. The molecule has 0 heterocycles. The van der Waals surface area contributed by atoms with E-state index in [1.54, 1.807) is 0 Å². The van der Waals surface area contributed by atoms with E-state index in [9.17, 15) is 101 Å². The number of halogens is 23. The van der Waals surface area contributed by atoms with Crippen molar-refractivity contribution in [1.82, 2.24) is 10.5 Å². The second kappa shape index (κ2) is 8.61. The molecule has 216 valence electrons. The standard InChI is InChI=1S/C10F23N3/c11-2(12,3(13,14)5(17,18)7(21,22)9(25,26)27)4(15,16)6(19,20)8(23,24)10(28,29)35(31)1(34-30)36(32)33. The molecule has 36 heavy (non-hydrogen) atoms. The summed E-state index contributed by atoms with van der Waals surface area (Å²) in [6.45, 7) is 0. The predicted octanol–water partition coefficient (Wildman–Crippen LogP) is 7.09. The summed E-state index contributed by atoms with van der Waals surface area (Å²) < 4.78 is 295. The Morgan fingerprint density at radius 3 is 0.889 bits per heavy atom. The van der Waals surface area contributed by atoms with Gasteiger partial charge in [0.25, 0.3) is 0 Å². The van der Waals surface area contributed by atoms with E-state index < -0.39 is 70.1 Å². The topological polar surface area (TPSA) is 18.8 Å². The first-order valence-corrected chi connectivity index (χ1v) is 7.16. The van der Waals surface area contributed by atoms with Gasteiger partial charge in [-0.15, -0.1) is 0 Å². The van der Waals surface area contributed by atoms with Crippen molar-refractivity contribution in [3.8, 4) is 0 Å². The zero-order valence-corrected chi connectivity index (χ0v) is 15.0. The number of rotatable bonds is 8. The second-order valence-electron chi connectivity index (χ2n) is 5.96. The monoisotopic (exact) mass is 599 g/mol. The first kappa shape index (κ1) is 33.7. The van der Waals surface area contributed by atoms with E-state index in [0.717, 1.165) is 0 Å². The molecule has 0 amide bonds. The molecule has 0 unspecified atom stereocenters. The van der Waals surface area contributed by atoms with Gasteiger partial charge in [-0.3, -0.25) is 0 Å². The summed E-state index contributed by atoms with van der Waals surface area (Å²) >= 11 is 0. The zero-order valence-electron chi connectivity index (χ0n) is 15.0. The Hall–Kier alpha value is -2.34. The van der Waals surface area contributed by atoms with Gasteiger partial charge in [-0.1, -0.05) is 23.0 Å². The van der Waals surface area contributed by atoms with Crippen LogP contribution < -0.4 is 0 Å². The van der Waals surface area contributed by atoms with E-state index in [0.29, 0.717) is 0 Å². The van der Waals surface area contributed by atoms with Crippen molar-refractivity contribution in [3.63, 3.8) is 0 Å². The van der Waals surface area contributed by atoms with Gasteiger partial charge in [0, 0.05) is 5.34 Å². The molecule has 0 aliphatic carbocycles. The van der Waals surface area contributed by atoms with Crippen LogP contribution in [0.1, 0.15) is 0 Å². The lowest BCUT2D eigenvalue weighted by Crippen LogP contribution is -2.76. The van der Waals surface area contributed by atoms with Gasteiger partial charge < -0.3 is 0 Å². The van der Waals surface area contributed by atoms with Gasteiger partial charge in [0.05, 0.1) is 0 Å². The average molecular weight is 599 g/mol. The fraction of sp³-hybridized carbons (Fsp3) is 0.900. The molecule has 0 atom stereocenters. The van der Waals surface area contributed by atoms with Crippen molar-refractivity contribution in [2.75, 3.05) is 0 Å². The molecule has 0 N–H and O–H groups in total. The Kier molecular flexibility index (Phi) is 8.05. The first-order valence-electron chi connectivity index (χ1n) is 7.16. The van der Waals surface area contributed by atoms with Crippen LogP contribution in [0, 0.1) is 0 Å². The molecule has 0 bridgehead atoms. The molecule has 0 rings (SSSR count). The summed E-state index contributed by atoms with van der Waals surface area (Å²) in [6.07, 6.45) is -8.06. The van der Waals surface area contributed by atoms with Crippen molar-refractivity contribution in [2.24, 2.45) is 5.21 Å². The van der Waals surface area contributed by atoms with Crippen LogP contribution in [-0.4, -0.2) is 70.1 Å². The normalized spacial score (nSPS) is 16.4. The quantitative estimate of drug-likeness (QED) is 0.0977. The van der Waals surface area contributed by atoms with Crippen LogP contribution >= 0.6 is 0 Å². The summed E-state index contributed by atoms with van der Waals surface area (Å²) in [5, 5.41) is -7.19. The Labute approximate surface area is 178 Å². The molecule has 0 radical (unpaired) electrons. The predicted molar refractivity (Wildman–Crippen MR) is 61.2 cm³/mol. The number of nitrogens with zero attached hydrogens (tertiary/aromatic N) is 3. The minimum absolute atomic E-state index is 0.222. The number of hydrogen-bond acceptors (Lipinski definition) is 1. The fourth-order valence-electron chi connectivity index (χ4n) is 1.73. The molecule has 0 saturated carbocycles. The van der Waals surface area contributed by atoms with Gasteiger partial charge in [0.2, 0.25) is 0 Å². The summed E-state index contributed by atoms with van der Waals surface area (Å²) in [7, 11) is 0. The smallest absolute Gasteiger partial charge is 0.192 e. The third-order valence-corrected chi connectivity index (χ3v) is 3.75. The van der Waals surface area contributed by atoms with Gasteiger partial charge in [-0.05, 0) is 5.21 Å². The van der Waals surface area contributed by atoms with E-state index >= 15 is 0 Å². The number of alkyl halides is 19. The first-order chi connectivity index (χ1) is 15.3. The van der Waals surface area contributed by atoms with Crippen LogP contribution in [0.4, 0.5) is 101 Å². The van der Waals surface area contributed by atoms with Gasteiger partial charge >= 0.3 is 59.6 Å². The molecule has 0 aromatic carbocycles. The molecule has 0 aliphatic rings. The van der Waals surface area contributed by atoms with Crippen molar-refractivity contribution in [2.45, 2.75) is 53.7 Å². The summed E-state index contributed by atoms with van der Waals surface area (Å²) in [5.41, 5.74) is 0. The molecule has 0 fully saturated rings. The van der Waals surface area contributed by atoms with Gasteiger partial charge in [0.15, 0.2) is 0 Å². The van der Waals surface area contributed by atoms with E-state index in [-0.39, 0.29) is 5.21 Å². The Morgan fingerprint density at radius 1 is 0.417 bits per heavy atom. The molecule has 26 heteroatoms. The lowest BCUT2D eigenvalue weighted by atomic mass is 9.88. The van der Waals surface area contributed by atoms with Crippen LogP contribution in [0.5, 0.6) is 0 Å². The maximum absolute atomic E-state index is 13.4. The minimum Gasteiger partial charge on any atom is -0.192 e. The average Bonchev–Trinajstić information content (AvgIpc) is 2.65. The molecule has 3 nitrogen and oxygen atoms in total. The maximum atomic E-state index is 13.4. The lowest BCUT2D eigenvalue weighted by molar-refractivity contribution is -0.475. The van der Waals surface area contributed by atoms with Crippen LogP contribution in [-0.2, 0) is 0 Å². The van der Waals surface area contributed by atoms with Crippen molar-refractivity contribution >= 4 is 5.96 Å². The molecule has 0 aliphatic heterocycles. The summed E-state index contributed by atoms with van der Waals surface area (Å²) in [4.78, 5) is 0. The molecule has 0 aromatic heterocycles. The van der Waals surface area contributed by atoms with Crippen LogP contribution in [0.3, 0.4) is 0 Å². The third kappa shape index (κ3) is 4.06. The van der Waals surface area contributed by atoms with Gasteiger partial charge in [-0.2, -0.15) is 83.4 Å². The van der Waals surface area contributed by atoms with Crippen LogP contribution in [0.25, 0.3) is 0 Å². The van der Waals surface area contributed by atoms with Crippen molar-refractivity contribution in [3.05, 3.63) is 0 Å². The van der Waals surface area contributed by atoms with E-state index in [1.807, 2.05) is 0 Å². The van der Waals surface area contributed by atoms with Crippen molar-refractivity contribution < 1.29 is 101 Å². The minimum atomic E-state index is -9.29. The van der Waals surface area contributed by atoms with Gasteiger partial charge in [0.1, 0.15) is 0 Å². The highest BCUT2D eigenvalue weighted by atomic mass is 19.4.